The molecule has 2 heterocycles. The van der Waals surface area contributed by atoms with Gasteiger partial charge in [-0.05, 0) is 12.1 Å². The molecular weight excluding hydrogens is 358 g/mol. The third-order valence-corrected chi connectivity index (χ3v) is 5.06. The van der Waals surface area contributed by atoms with Gasteiger partial charge in [-0.2, -0.15) is 9.97 Å². The van der Waals surface area contributed by atoms with E-state index < -0.39 is 5.37 Å². The van der Waals surface area contributed by atoms with Crippen molar-refractivity contribution in [1.82, 2.24) is 9.97 Å². The average Bonchev–Trinajstić information content (AvgIpc) is 3.07. The van der Waals surface area contributed by atoms with Crippen molar-refractivity contribution in [2.45, 2.75) is 5.37 Å². The molecule has 0 spiro atoms. The van der Waals surface area contributed by atoms with Gasteiger partial charge in [-0.25, -0.2) is 0 Å². The van der Waals surface area contributed by atoms with Gasteiger partial charge in [0.1, 0.15) is 16.9 Å². The SMILES string of the molecule is COc1cc(OC)nc(N2C(=O)CSC2c2c(OC)cccc2OC)n1. The molecule has 1 amide bonds. The molecule has 0 radical (unpaired) electrons. The highest BCUT2D eigenvalue weighted by atomic mass is 32.2. The fraction of sp³-hybridized carbons (Fsp3) is 0.353. The van der Waals surface area contributed by atoms with Crippen LogP contribution in [0, 0.1) is 0 Å². The van der Waals surface area contributed by atoms with Crippen molar-refractivity contribution in [1.29, 1.82) is 0 Å². The second kappa shape index (κ2) is 7.69. The van der Waals surface area contributed by atoms with Gasteiger partial charge in [-0.3, -0.25) is 9.69 Å². The number of thioether (sulfide) groups is 1. The Morgan fingerprint density at radius 1 is 1.00 bits per heavy atom. The highest BCUT2D eigenvalue weighted by Crippen LogP contribution is 2.48. The second-order valence-corrected chi connectivity index (χ2v) is 6.32. The first-order chi connectivity index (χ1) is 12.6. The summed E-state index contributed by atoms with van der Waals surface area (Å²) < 4.78 is 21.4. The lowest BCUT2D eigenvalue weighted by Gasteiger charge is -2.25. The first kappa shape index (κ1) is 18.1. The Hall–Kier alpha value is -2.68. The van der Waals surface area contributed by atoms with E-state index >= 15 is 0 Å². The highest BCUT2D eigenvalue weighted by Gasteiger charge is 2.39. The highest BCUT2D eigenvalue weighted by molar-refractivity contribution is 8.00. The van der Waals surface area contributed by atoms with Gasteiger partial charge in [0.15, 0.2) is 0 Å². The molecule has 8 nitrogen and oxygen atoms in total. The lowest BCUT2D eigenvalue weighted by molar-refractivity contribution is -0.115. The molecule has 1 atom stereocenters. The van der Waals surface area contributed by atoms with Crippen molar-refractivity contribution in [3.63, 3.8) is 0 Å². The van der Waals surface area contributed by atoms with Gasteiger partial charge in [0.05, 0.1) is 45.8 Å². The smallest absolute Gasteiger partial charge is 0.240 e. The predicted octanol–water partition coefficient (Wildman–Crippen LogP) is 2.29. The van der Waals surface area contributed by atoms with Crippen molar-refractivity contribution >= 4 is 23.6 Å². The van der Waals surface area contributed by atoms with Crippen LogP contribution in [0.3, 0.4) is 0 Å². The van der Waals surface area contributed by atoms with E-state index in [1.807, 2.05) is 18.2 Å². The number of aromatic nitrogens is 2. The third-order valence-electron chi connectivity index (χ3n) is 3.88. The van der Waals surface area contributed by atoms with E-state index in [4.69, 9.17) is 18.9 Å². The lowest BCUT2D eigenvalue weighted by atomic mass is 10.1. The first-order valence-corrected chi connectivity index (χ1v) is 8.79. The maximum atomic E-state index is 12.6. The summed E-state index contributed by atoms with van der Waals surface area (Å²) >= 11 is 1.45. The molecule has 1 aliphatic rings. The summed E-state index contributed by atoms with van der Waals surface area (Å²) in [7, 11) is 6.14. The molecule has 0 saturated carbocycles. The van der Waals surface area contributed by atoms with Crippen molar-refractivity contribution in [3.05, 3.63) is 29.8 Å². The van der Waals surface area contributed by atoms with Crippen LogP contribution in [0.5, 0.6) is 23.3 Å². The summed E-state index contributed by atoms with van der Waals surface area (Å²) in [6.07, 6.45) is 0. The zero-order valence-corrected chi connectivity index (χ0v) is 15.7. The van der Waals surface area contributed by atoms with Crippen molar-refractivity contribution < 1.29 is 23.7 Å². The van der Waals surface area contributed by atoms with E-state index in [-0.39, 0.29) is 17.6 Å². The van der Waals surface area contributed by atoms with Crippen LogP contribution in [-0.4, -0.2) is 50.1 Å². The maximum Gasteiger partial charge on any atom is 0.240 e. The summed E-state index contributed by atoms with van der Waals surface area (Å²) in [6, 6.07) is 7.03. The molecule has 3 rings (SSSR count). The van der Waals surface area contributed by atoms with E-state index in [0.29, 0.717) is 23.3 Å². The molecule has 1 saturated heterocycles. The standard InChI is InChI=1S/C17H19N3O5S/c1-22-10-6-5-7-11(23-2)15(10)16-20(14(21)9-26-16)17-18-12(24-3)8-13(19-17)25-4/h5-8,16H,9H2,1-4H3. The number of carbonyl (C=O) groups excluding carboxylic acids is 1. The lowest BCUT2D eigenvalue weighted by Crippen LogP contribution is -2.30. The number of ether oxygens (including phenoxy) is 4. The van der Waals surface area contributed by atoms with Crippen LogP contribution in [0.1, 0.15) is 10.9 Å². The Bertz CT molecular complexity index is 772. The van der Waals surface area contributed by atoms with Gasteiger partial charge < -0.3 is 18.9 Å². The topological polar surface area (TPSA) is 83.0 Å². The third kappa shape index (κ3) is 3.22. The molecule has 1 unspecified atom stereocenters. The minimum atomic E-state index is -0.398. The number of amides is 1. The van der Waals surface area contributed by atoms with Gasteiger partial charge >= 0.3 is 0 Å². The fourth-order valence-corrected chi connectivity index (χ4v) is 3.89. The summed E-state index contributed by atoms with van der Waals surface area (Å²) in [4.78, 5) is 22.8. The van der Waals surface area contributed by atoms with Crippen LogP contribution in [0.15, 0.2) is 24.3 Å². The molecule has 9 heteroatoms. The number of benzene rings is 1. The van der Waals surface area contributed by atoms with E-state index in [1.165, 1.54) is 30.9 Å². The van der Waals surface area contributed by atoms with E-state index in [0.717, 1.165) is 5.56 Å². The van der Waals surface area contributed by atoms with Crippen LogP contribution in [0.4, 0.5) is 5.95 Å². The molecule has 2 aromatic rings. The van der Waals surface area contributed by atoms with Gasteiger partial charge in [0, 0.05) is 0 Å². The molecule has 1 fully saturated rings. The molecule has 1 aliphatic heterocycles. The zero-order chi connectivity index (χ0) is 18.7. The number of methoxy groups -OCH3 is 4. The average molecular weight is 377 g/mol. The van der Waals surface area contributed by atoms with Crippen molar-refractivity contribution in [3.8, 4) is 23.3 Å². The Morgan fingerprint density at radius 3 is 2.08 bits per heavy atom. The molecule has 0 N–H and O–H groups in total. The molecule has 138 valence electrons. The number of anilines is 1. The van der Waals surface area contributed by atoms with Crippen molar-refractivity contribution in [2.24, 2.45) is 0 Å². The van der Waals surface area contributed by atoms with Crippen LogP contribution in [-0.2, 0) is 4.79 Å². The van der Waals surface area contributed by atoms with E-state index in [2.05, 4.69) is 9.97 Å². The Balaban J connectivity index is 2.12. The maximum absolute atomic E-state index is 12.6. The normalized spacial score (nSPS) is 16.5. The minimum absolute atomic E-state index is 0.122. The Morgan fingerprint density at radius 2 is 1.58 bits per heavy atom. The van der Waals surface area contributed by atoms with Crippen molar-refractivity contribution in [2.75, 3.05) is 39.1 Å². The van der Waals surface area contributed by atoms with Crippen LogP contribution < -0.4 is 23.8 Å². The number of nitrogens with zero attached hydrogens (tertiary/aromatic N) is 3. The zero-order valence-electron chi connectivity index (χ0n) is 14.9. The summed E-state index contributed by atoms with van der Waals surface area (Å²) in [5.41, 5.74) is 0.749. The molecule has 0 bridgehead atoms. The van der Waals surface area contributed by atoms with Gasteiger partial charge in [-0.1, -0.05) is 6.07 Å². The summed E-state index contributed by atoms with van der Waals surface area (Å²) in [6.45, 7) is 0. The second-order valence-electron chi connectivity index (χ2n) is 5.26. The first-order valence-electron chi connectivity index (χ1n) is 7.74. The minimum Gasteiger partial charge on any atom is -0.496 e. The molecular formula is C17H19N3O5S. The molecule has 1 aromatic carbocycles. The number of hydrogen-bond donors (Lipinski definition) is 0. The number of hydrogen-bond acceptors (Lipinski definition) is 8. The largest absolute Gasteiger partial charge is 0.496 e. The fourth-order valence-electron chi connectivity index (χ4n) is 2.69. The van der Waals surface area contributed by atoms with Gasteiger partial charge in [0.2, 0.25) is 23.6 Å². The number of rotatable bonds is 6. The molecule has 26 heavy (non-hydrogen) atoms. The van der Waals surface area contributed by atoms with Gasteiger partial charge in [-0.15, -0.1) is 11.8 Å². The molecule has 0 aliphatic carbocycles. The van der Waals surface area contributed by atoms with Crippen LogP contribution in [0.25, 0.3) is 0 Å². The molecule has 1 aromatic heterocycles. The Labute approximate surface area is 155 Å². The monoisotopic (exact) mass is 377 g/mol. The number of carbonyl (C=O) groups is 1. The van der Waals surface area contributed by atoms with Crippen LogP contribution >= 0.6 is 11.8 Å². The quantitative estimate of drug-likeness (QED) is 0.758. The Kier molecular flexibility index (Phi) is 5.36. The predicted molar refractivity (Wildman–Crippen MR) is 97.4 cm³/mol. The van der Waals surface area contributed by atoms with E-state index in [9.17, 15) is 4.79 Å². The summed E-state index contributed by atoms with van der Waals surface area (Å²) in [5.74, 6) is 2.23. The van der Waals surface area contributed by atoms with Gasteiger partial charge in [0.25, 0.3) is 0 Å². The summed E-state index contributed by atoms with van der Waals surface area (Å²) in [5, 5.41) is -0.398. The van der Waals surface area contributed by atoms with Crippen LogP contribution in [0.2, 0.25) is 0 Å². The van der Waals surface area contributed by atoms with E-state index in [1.54, 1.807) is 20.3 Å².